The molecule has 1 heterocycles. The van der Waals surface area contributed by atoms with Crippen LogP contribution in [-0.2, 0) is 80.7 Å². The maximum Gasteiger partial charge on any atom is 0.325 e. The standard InChI is InChI=1S/C55H104N2O21/c1-4-7-8-9-10-11-12-13-14-15-16-17-18-19-49(59)57(51-53(62)52(61)48(46-58)78-55(51)64)47(54(63)56-45-50(60)77-6-3)20-22-66-24-26-68-28-30-70-32-34-72-36-38-74-40-42-76-44-43-75-41-39-73-37-35-71-33-31-69-29-27-67-25-23-65-21-5-2/h13-14,47-48,51-53,55,58,61-62,64H,4-12,15-46H2,1-3H3,(H,56,63)/b14-13-/t47?,48?,51?,52-,53+,55-/m1/s1. The van der Waals surface area contributed by atoms with Crippen molar-refractivity contribution >= 4 is 17.8 Å². The van der Waals surface area contributed by atoms with Crippen LogP contribution in [0.3, 0.4) is 0 Å². The topological polar surface area (TPSA) is 277 Å². The van der Waals surface area contributed by atoms with E-state index in [4.69, 9.17) is 66.3 Å². The van der Waals surface area contributed by atoms with Crippen LogP contribution in [0.15, 0.2) is 12.2 Å². The third kappa shape index (κ3) is 40.6. The van der Waals surface area contributed by atoms with E-state index in [1.54, 1.807) is 6.92 Å². The van der Waals surface area contributed by atoms with Crippen LogP contribution in [0.4, 0.5) is 0 Å². The van der Waals surface area contributed by atoms with Gasteiger partial charge in [0.25, 0.3) is 0 Å². The summed E-state index contributed by atoms with van der Waals surface area (Å²) >= 11 is 0. The Balaban J connectivity index is 2.29. The van der Waals surface area contributed by atoms with Gasteiger partial charge in [0.1, 0.15) is 36.9 Å². The Bertz CT molecular complexity index is 1390. The molecule has 0 aromatic heterocycles. The molecule has 460 valence electrons. The fourth-order valence-electron chi connectivity index (χ4n) is 7.80. The zero-order chi connectivity index (χ0) is 56.8. The number of hydrogen-bond acceptors (Lipinski definition) is 21. The van der Waals surface area contributed by atoms with Crippen molar-refractivity contribution in [3.05, 3.63) is 12.2 Å². The molecule has 0 radical (unpaired) electrons. The normalized spacial score (nSPS) is 18.0. The van der Waals surface area contributed by atoms with Crippen molar-refractivity contribution in [3.63, 3.8) is 0 Å². The number of carbonyl (C=O) groups is 3. The number of allylic oxidation sites excluding steroid dienone is 2. The van der Waals surface area contributed by atoms with Crippen LogP contribution in [0, 0.1) is 0 Å². The molecule has 0 aromatic carbocycles. The highest BCUT2D eigenvalue weighted by molar-refractivity contribution is 5.90. The van der Waals surface area contributed by atoms with Crippen LogP contribution >= 0.6 is 0 Å². The minimum atomic E-state index is -1.86. The summed E-state index contributed by atoms with van der Waals surface area (Å²) < 4.78 is 76.7. The van der Waals surface area contributed by atoms with Crippen molar-refractivity contribution in [1.29, 1.82) is 0 Å². The number of ether oxygens (including phenoxy) is 14. The van der Waals surface area contributed by atoms with Gasteiger partial charge >= 0.3 is 5.97 Å². The first-order valence-corrected chi connectivity index (χ1v) is 28.9. The minimum absolute atomic E-state index is 0.0346. The van der Waals surface area contributed by atoms with Gasteiger partial charge in [-0.1, -0.05) is 64.5 Å². The van der Waals surface area contributed by atoms with E-state index in [0.29, 0.717) is 138 Å². The summed E-state index contributed by atoms with van der Waals surface area (Å²) in [6.45, 7) is 14.9. The Morgan fingerprint density at radius 1 is 0.500 bits per heavy atom. The molecule has 0 saturated carbocycles. The Hall–Kier alpha value is -2.53. The van der Waals surface area contributed by atoms with Crippen LogP contribution in [0.25, 0.3) is 0 Å². The molecule has 78 heavy (non-hydrogen) atoms. The Kier molecular flexibility index (Phi) is 51.8. The highest BCUT2D eigenvalue weighted by Crippen LogP contribution is 2.28. The molecule has 23 nitrogen and oxygen atoms in total. The number of amides is 2. The van der Waals surface area contributed by atoms with Gasteiger partial charge < -0.3 is 97.0 Å². The van der Waals surface area contributed by atoms with Crippen LogP contribution < -0.4 is 5.32 Å². The lowest BCUT2D eigenvalue weighted by Crippen LogP contribution is -2.68. The molecule has 23 heteroatoms. The fraction of sp³-hybridized carbons (Fsp3) is 0.909. The van der Waals surface area contributed by atoms with Gasteiger partial charge in [0.2, 0.25) is 11.8 Å². The first kappa shape index (κ1) is 73.5. The lowest BCUT2D eigenvalue weighted by molar-refractivity contribution is -0.273. The highest BCUT2D eigenvalue weighted by atomic mass is 16.6. The third-order valence-electron chi connectivity index (χ3n) is 12.0. The number of carbonyl (C=O) groups excluding carboxylic acids is 3. The number of rotatable bonds is 58. The highest BCUT2D eigenvalue weighted by Gasteiger charge is 2.50. The van der Waals surface area contributed by atoms with E-state index in [1.165, 1.54) is 38.5 Å². The Morgan fingerprint density at radius 3 is 1.28 bits per heavy atom. The molecule has 1 aliphatic rings. The lowest BCUT2D eigenvalue weighted by atomic mass is 9.93. The minimum Gasteiger partial charge on any atom is -0.465 e. The molecule has 1 aliphatic heterocycles. The molecule has 0 aliphatic carbocycles. The zero-order valence-corrected chi connectivity index (χ0v) is 47.8. The average molecular weight is 1130 g/mol. The van der Waals surface area contributed by atoms with Crippen molar-refractivity contribution in [2.45, 2.75) is 147 Å². The number of hydrogen-bond donors (Lipinski definition) is 5. The van der Waals surface area contributed by atoms with Crippen LogP contribution in [-0.4, -0.2) is 258 Å². The monoisotopic (exact) mass is 1130 g/mol. The van der Waals surface area contributed by atoms with Crippen molar-refractivity contribution in [2.24, 2.45) is 0 Å². The molecule has 1 saturated heterocycles. The van der Waals surface area contributed by atoms with Crippen LogP contribution in [0.5, 0.6) is 0 Å². The number of aliphatic hydroxyl groups excluding tert-OH is 4. The molecule has 0 spiro atoms. The van der Waals surface area contributed by atoms with Crippen molar-refractivity contribution in [3.8, 4) is 0 Å². The SMILES string of the molecule is CCCCCCCC/C=C\CCCCCC(=O)N(C(CCOCCOCCOCCOCCOCCOCCOCCOCCOCCOCCOCCOCCC)C(=O)NCC(=O)OCC)C1[C@H](O)OC(CO)[C@@H](O)[C@H]1O. The predicted octanol–water partition coefficient (Wildman–Crippen LogP) is 2.92. The van der Waals surface area contributed by atoms with E-state index in [9.17, 15) is 34.8 Å². The summed E-state index contributed by atoms with van der Waals surface area (Å²) in [5.41, 5.74) is 0. The molecule has 2 amide bonds. The summed E-state index contributed by atoms with van der Waals surface area (Å²) in [5, 5.41) is 45.3. The van der Waals surface area contributed by atoms with Gasteiger partial charge in [-0.15, -0.1) is 0 Å². The van der Waals surface area contributed by atoms with Crippen LogP contribution in [0.1, 0.15) is 111 Å². The Morgan fingerprint density at radius 2 is 0.885 bits per heavy atom. The van der Waals surface area contributed by atoms with E-state index in [-0.39, 0.29) is 45.9 Å². The van der Waals surface area contributed by atoms with Gasteiger partial charge in [-0.05, 0) is 45.4 Å². The van der Waals surface area contributed by atoms with Crippen molar-refractivity contribution in [1.82, 2.24) is 10.2 Å². The molecule has 3 unspecified atom stereocenters. The largest absolute Gasteiger partial charge is 0.465 e. The van der Waals surface area contributed by atoms with Crippen molar-refractivity contribution < 1.29 is 101 Å². The third-order valence-corrected chi connectivity index (χ3v) is 12.0. The molecule has 0 bridgehead atoms. The van der Waals surface area contributed by atoms with E-state index in [1.807, 2.05) is 0 Å². The smallest absolute Gasteiger partial charge is 0.325 e. The second-order valence-electron chi connectivity index (χ2n) is 18.3. The maximum atomic E-state index is 14.1. The first-order valence-electron chi connectivity index (χ1n) is 28.9. The molecule has 1 rings (SSSR count). The molecule has 1 fully saturated rings. The summed E-state index contributed by atoms with van der Waals surface area (Å²) in [5.74, 6) is -2.04. The van der Waals surface area contributed by atoms with Crippen molar-refractivity contribution in [2.75, 3.05) is 178 Å². The number of esters is 1. The van der Waals surface area contributed by atoms with Gasteiger partial charge in [-0.2, -0.15) is 0 Å². The summed E-state index contributed by atoms with van der Waals surface area (Å²) in [6.07, 6.45) is 9.91. The van der Waals surface area contributed by atoms with Crippen LogP contribution in [0.2, 0.25) is 0 Å². The maximum absolute atomic E-state index is 14.1. The molecule has 5 N–H and O–H groups in total. The summed E-state index contributed by atoms with van der Waals surface area (Å²) in [6, 6.07) is -2.96. The average Bonchev–Trinajstić information content (AvgIpc) is 3.45. The van der Waals surface area contributed by atoms with Gasteiger partial charge in [0.05, 0.1) is 159 Å². The van der Waals surface area contributed by atoms with E-state index in [2.05, 4.69) is 31.3 Å². The summed E-state index contributed by atoms with van der Waals surface area (Å²) in [4.78, 5) is 41.1. The van der Waals surface area contributed by atoms with E-state index >= 15 is 0 Å². The molecule has 6 atom stereocenters. The Labute approximate surface area is 465 Å². The number of nitrogens with one attached hydrogen (secondary N) is 1. The van der Waals surface area contributed by atoms with Gasteiger partial charge in [-0.25, -0.2) is 0 Å². The molecular formula is C55H104N2O21. The zero-order valence-electron chi connectivity index (χ0n) is 47.8. The fourth-order valence-corrected chi connectivity index (χ4v) is 7.80. The molecular weight excluding hydrogens is 1020 g/mol. The summed E-state index contributed by atoms with van der Waals surface area (Å²) in [7, 11) is 0. The number of nitrogens with zero attached hydrogens (tertiary/aromatic N) is 1. The second-order valence-corrected chi connectivity index (χ2v) is 18.3. The van der Waals surface area contributed by atoms with E-state index in [0.717, 1.165) is 37.2 Å². The number of unbranched alkanes of at least 4 members (excludes halogenated alkanes) is 9. The predicted molar refractivity (Wildman–Crippen MR) is 289 cm³/mol. The lowest BCUT2D eigenvalue weighted by Gasteiger charge is -2.47. The quantitative estimate of drug-likeness (QED) is 0.0333. The van der Waals surface area contributed by atoms with E-state index < -0.39 is 67.6 Å². The first-order chi connectivity index (χ1) is 38.2. The van der Waals surface area contributed by atoms with Gasteiger partial charge in [0, 0.05) is 26.1 Å². The van der Waals surface area contributed by atoms with Gasteiger partial charge in [-0.3, -0.25) is 14.4 Å². The molecule has 0 aromatic rings. The number of aliphatic hydroxyl groups is 4. The van der Waals surface area contributed by atoms with Gasteiger partial charge in [0.15, 0.2) is 6.29 Å². The second kappa shape index (κ2) is 55.0.